The lowest BCUT2D eigenvalue weighted by Gasteiger charge is -2.23. The summed E-state index contributed by atoms with van der Waals surface area (Å²) < 4.78 is 0. The highest BCUT2D eigenvalue weighted by Crippen LogP contribution is 2.46. The highest BCUT2D eigenvalue weighted by atomic mass is 79.9. The van der Waals surface area contributed by atoms with Gasteiger partial charge in [0, 0.05) is 5.16 Å². The van der Waals surface area contributed by atoms with Crippen molar-refractivity contribution in [1.82, 2.24) is 0 Å². The molecule has 0 spiro atoms. The number of hydrogen-bond acceptors (Lipinski definition) is 0. The molecule has 0 amide bonds. The van der Waals surface area contributed by atoms with Crippen LogP contribution < -0.4 is 0 Å². The van der Waals surface area contributed by atoms with E-state index in [1.54, 1.807) is 0 Å². The summed E-state index contributed by atoms with van der Waals surface area (Å²) in [5.74, 6) is 0. The van der Waals surface area contributed by atoms with E-state index in [0.29, 0.717) is 0 Å². The maximum Gasteiger partial charge on any atom is 0.0172 e. The Labute approximate surface area is 84.3 Å². The van der Waals surface area contributed by atoms with E-state index in [1.165, 1.54) is 11.1 Å². The van der Waals surface area contributed by atoms with Crippen LogP contribution in [0.5, 0.6) is 0 Å². The average Bonchev–Trinajstić information content (AvgIpc) is 2.05. The van der Waals surface area contributed by atoms with Crippen LogP contribution in [0.2, 0.25) is 0 Å². The third-order valence-electron chi connectivity index (χ3n) is 2.05. The maximum atomic E-state index is 3.57. The molecular weight excluding hydrogens is 231 g/mol. The number of halogens is 1. The average molecular weight is 245 g/mol. The molecule has 0 nitrogen and oxygen atoms in total. The summed E-state index contributed by atoms with van der Waals surface area (Å²) in [5, 5.41) is 0.269. The first-order chi connectivity index (χ1) is 5.58. The second-order valence-electron chi connectivity index (χ2n) is 3.53. The molecule has 0 aromatic heterocycles. The van der Waals surface area contributed by atoms with Gasteiger partial charge in [-0.05, 0) is 25.3 Å². The largest absolute Gasteiger partial charge is 0.0633 e. The lowest BCUT2D eigenvalue weighted by atomic mass is 9.97. The van der Waals surface area contributed by atoms with Gasteiger partial charge in [-0.25, -0.2) is 0 Å². The summed E-state index contributed by atoms with van der Waals surface area (Å²) in [6, 6.07) is 8.58. The zero-order valence-electron chi connectivity index (χ0n) is 7.69. The quantitative estimate of drug-likeness (QED) is 0.684. The monoisotopic (exact) mass is 244 g/mol. The van der Waals surface area contributed by atoms with E-state index < -0.39 is 0 Å². The Hall–Kier alpha value is 0.130. The highest BCUT2D eigenvalue weighted by molar-refractivity contribution is 9.36. The van der Waals surface area contributed by atoms with Gasteiger partial charge in [0.25, 0.3) is 0 Å². The first-order valence-corrected chi connectivity index (χ1v) is 7.27. The van der Waals surface area contributed by atoms with Gasteiger partial charge in [-0.1, -0.05) is 53.6 Å². The molecule has 0 radical (unpaired) electrons. The molecule has 1 unspecified atom stereocenters. The van der Waals surface area contributed by atoms with E-state index in [1.807, 2.05) is 0 Å². The summed E-state index contributed by atoms with van der Waals surface area (Å²) in [7, 11) is 0.771. The van der Waals surface area contributed by atoms with Gasteiger partial charge in [0.1, 0.15) is 0 Å². The Morgan fingerprint density at radius 2 is 1.83 bits per heavy atom. The topological polar surface area (TPSA) is 0 Å². The molecule has 1 rings (SSSR count). The lowest BCUT2D eigenvalue weighted by Crippen LogP contribution is -2.09. The number of benzene rings is 1. The van der Waals surface area contributed by atoms with Crippen molar-refractivity contribution in [3.05, 3.63) is 35.4 Å². The summed E-state index contributed by atoms with van der Waals surface area (Å²) in [6.45, 7) is 6.70. The molecule has 66 valence electrons. The van der Waals surface area contributed by atoms with Crippen LogP contribution in [0, 0.1) is 6.92 Å². The number of rotatable bonds is 2. The minimum absolute atomic E-state index is 0.269. The molecule has 0 bridgehead atoms. The Bertz CT molecular complexity index is 268. The fraction of sp³-hybridized carbons (Fsp3) is 0.400. The standard InChI is InChI=1S/C10H14BrP/c1-8-6-4-5-7-9(8)10(2,3)12-11/h4-7,12H,1-3H3. The van der Waals surface area contributed by atoms with Crippen molar-refractivity contribution in [1.29, 1.82) is 0 Å². The van der Waals surface area contributed by atoms with E-state index in [0.717, 1.165) is 7.28 Å². The third-order valence-corrected chi connectivity index (χ3v) is 5.77. The van der Waals surface area contributed by atoms with Gasteiger partial charge in [0.05, 0.1) is 0 Å². The second kappa shape index (κ2) is 3.89. The molecule has 1 aromatic carbocycles. The van der Waals surface area contributed by atoms with E-state index >= 15 is 0 Å². The van der Waals surface area contributed by atoms with Gasteiger partial charge in [0.2, 0.25) is 0 Å². The first kappa shape index (κ1) is 10.2. The summed E-state index contributed by atoms with van der Waals surface area (Å²) in [6.07, 6.45) is 0. The summed E-state index contributed by atoms with van der Waals surface area (Å²) >= 11 is 3.57. The van der Waals surface area contributed by atoms with Crippen LogP contribution >= 0.6 is 22.8 Å². The predicted octanol–water partition coefficient (Wildman–Crippen LogP) is 4.22. The van der Waals surface area contributed by atoms with Gasteiger partial charge in [0.15, 0.2) is 0 Å². The van der Waals surface area contributed by atoms with E-state index in [-0.39, 0.29) is 5.16 Å². The smallest absolute Gasteiger partial charge is 0.0172 e. The molecule has 0 fully saturated rings. The van der Waals surface area contributed by atoms with Crippen LogP contribution in [0.3, 0.4) is 0 Å². The molecular formula is C10H14BrP. The summed E-state index contributed by atoms with van der Waals surface area (Å²) in [5.41, 5.74) is 2.83. The van der Waals surface area contributed by atoms with Crippen LogP contribution in [0.1, 0.15) is 25.0 Å². The van der Waals surface area contributed by atoms with Gasteiger partial charge < -0.3 is 0 Å². The van der Waals surface area contributed by atoms with E-state index in [9.17, 15) is 0 Å². The maximum absolute atomic E-state index is 3.57. The molecule has 0 aliphatic rings. The van der Waals surface area contributed by atoms with Gasteiger partial charge >= 0.3 is 0 Å². The number of hydrogen-bond donors (Lipinski definition) is 0. The minimum atomic E-state index is 0.269. The Morgan fingerprint density at radius 1 is 1.25 bits per heavy atom. The van der Waals surface area contributed by atoms with Crippen molar-refractivity contribution in [2.75, 3.05) is 0 Å². The molecule has 0 saturated heterocycles. The third kappa shape index (κ3) is 2.08. The molecule has 1 aromatic rings. The van der Waals surface area contributed by atoms with E-state index in [2.05, 4.69) is 60.5 Å². The van der Waals surface area contributed by atoms with Gasteiger partial charge in [-0.2, -0.15) is 0 Å². The molecule has 2 heteroatoms. The number of aryl methyl sites for hydroxylation is 1. The van der Waals surface area contributed by atoms with Crippen molar-refractivity contribution in [3.8, 4) is 0 Å². The van der Waals surface area contributed by atoms with Gasteiger partial charge in [-0.3, -0.25) is 0 Å². The normalized spacial score (nSPS) is 12.7. The van der Waals surface area contributed by atoms with Crippen LogP contribution in [-0.2, 0) is 5.16 Å². The van der Waals surface area contributed by atoms with Crippen LogP contribution in [0.25, 0.3) is 0 Å². The molecule has 0 saturated carbocycles. The van der Waals surface area contributed by atoms with Crippen molar-refractivity contribution in [2.45, 2.75) is 25.9 Å². The highest BCUT2D eigenvalue weighted by Gasteiger charge is 2.20. The summed E-state index contributed by atoms with van der Waals surface area (Å²) in [4.78, 5) is 0. The second-order valence-corrected chi connectivity index (χ2v) is 6.16. The molecule has 1 atom stereocenters. The van der Waals surface area contributed by atoms with Crippen LogP contribution in [0.4, 0.5) is 0 Å². The molecule has 12 heavy (non-hydrogen) atoms. The van der Waals surface area contributed by atoms with Crippen LogP contribution in [-0.4, -0.2) is 0 Å². The SMILES string of the molecule is Cc1ccccc1C(C)(C)PBr. The zero-order chi connectivity index (χ0) is 9.19. The molecule has 0 aliphatic heterocycles. The van der Waals surface area contributed by atoms with Crippen molar-refractivity contribution in [2.24, 2.45) is 0 Å². The fourth-order valence-electron chi connectivity index (χ4n) is 1.33. The van der Waals surface area contributed by atoms with Crippen LogP contribution in [0.15, 0.2) is 24.3 Å². The lowest BCUT2D eigenvalue weighted by molar-refractivity contribution is 0.774. The molecule has 0 aliphatic carbocycles. The Morgan fingerprint density at radius 3 is 2.33 bits per heavy atom. The Kier molecular flexibility index (Phi) is 3.31. The van der Waals surface area contributed by atoms with Crippen molar-refractivity contribution < 1.29 is 0 Å². The fourth-order valence-corrected chi connectivity index (χ4v) is 2.35. The van der Waals surface area contributed by atoms with Crippen molar-refractivity contribution >= 4 is 22.8 Å². The Balaban J connectivity index is 3.10. The zero-order valence-corrected chi connectivity index (χ0v) is 10.3. The van der Waals surface area contributed by atoms with E-state index in [4.69, 9.17) is 0 Å². The van der Waals surface area contributed by atoms with Crippen molar-refractivity contribution in [3.63, 3.8) is 0 Å². The first-order valence-electron chi connectivity index (χ1n) is 4.02. The minimum Gasteiger partial charge on any atom is -0.0633 e. The predicted molar refractivity (Wildman–Crippen MR) is 61.4 cm³/mol. The van der Waals surface area contributed by atoms with Gasteiger partial charge in [-0.15, -0.1) is 0 Å². The molecule has 0 heterocycles. The molecule has 0 N–H and O–H groups in total.